The molecule has 0 aliphatic carbocycles. The zero-order valence-corrected chi connectivity index (χ0v) is 8.91. The van der Waals surface area contributed by atoms with Gasteiger partial charge in [-0.05, 0) is 37.7 Å². The maximum Gasteiger partial charge on any atom is 0.0432 e. The van der Waals surface area contributed by atoms with E-state index < -0.39 is 0 Å². The van der Waals surface area contributed by atoms with Gasteiger partial charge in [-0.15, -0.1) is 0 Å². The van der Waals surface area contributed by atoms with Gasteiger partial charge in [0.15, 0.2) is 0 Å². The van der Waals surface area contributed by atoms with Gasteiger partial charge in [0.2, 0.25) is 0 Å². The third-order valence-electron chi connectivity index (χ3n) is 1.94. The average Bonchev–Trinajstić information content (AvgIpc) is 2.03. The first-order valence-corrected chi connectivity index (χ1v) is 4.69. The van der Waals surface area contributed by atoms with Gasteiger partial charge in [0.1, 0.15) is 0 Å². The number of hydrogen-bond donors (Lipinski definition) is 0. The van der Waals surface area contributed by atoms with Crippen LogP contribution in [0.1, 0.15) is 31.0 Å². The fourth-order valence-corrected chi connectivity index (χ4v) is 1.27. The van der Waals surface area contributed by atoms with Gasteiger partial charge < -0.3 is 4.90 Å². The minimum Gasteiger partial charge on any atom is -0.305 e. The molecule has 0 saturated carbocycles. The third-order valence-corrected chi connectivity index (χ3v) is 1.94. The summed E-state index contributed by atoms with van der Waals surface area (Å²) in [4.78, 5) is 6.49. The molecule has 0 aliphatic heterocycles. The lowest BCUT2D eigenvalue weighted by Crippen LogP contribution is -2.11. The van der Waals surface area contributed by atoms with Crippen LogP contribution >= 0.6 is 0 Å². The fraction of sp³-hybridized carbons (Fsp3) is 0.545. The summed E-state index contributed by atoms with van der Waals surface area (Å²) < 4.78 is 0. The molecular weight excluding hydrogens is 160 g/mol. The molecule has 1 aromatic heterocycles. The fourth-order valence-electron chi connectivity index (χ4n) is 1.27. The average molecular weight is 178 g/mol. The number of nitrogens with zero attached hydrogens (tertiary/aromatic N) is 2. The first-order valence-electron chi connectivity index (χ1n) is 4.69. The Kier molecular flexibility index (Phi) is 3.43. The van der Waals surface area contributed by atoms with E-state index in [-0.39, 0.29) is 0 Å². The van der Waals surface area contributed by atoms with Gasteiger partial charge in [-0.2, -0.15) is 0 Å². The molecule has 0 amide bonds. The topological polar surface area (TPSA) is 16.1 Å². The highest BCUT2D eigenvalue weighted by Crippen LogP contribution is 2.12. The second-order valence-electron chi connectivity index (χ2n) is 3.98. The van der Waals surface area contributed by atoms with Crippen LogP contribution in [0.4, 0.5) is 0 Å². The maximum absolute atomic E-state index is 4.33. The zero-order valence-electron chi connectivity index (χ0n) is 8.91. The van der Waals surface area contributed by atoms with E-state index in [1.54, 1.807) is 0 Å². The Labute approximate surface area is 80.6 Å². The third kappa shape index (κ3) is 3.15. The molecule has 1 heterocycles. The van der Waals surface area contributed by atoms with E-state index in [2.05, 4.69) is 50.0 Å². The Bertz CT molecular complexity index is 267. The summed E-state index contributed by atoms with van der Waals surface area (Å²) in [5.41, 5.74) is 2.52. The molecule has 0 fully saturated rings. The molecule has 0 unspecified atom stereocenters. The van der Waals surface area contributed by atoms with E-state index in [9.17, 15) is 0 Å². The lowest BCUT2D eigenvalue weighted by atomic mass is 10.1. The van der Waals surface area contributed by atoms with Crippen LogP contribution in [0.5, 0.6) is 0 Å². The smallest absolute Gasteiger partial charge is 0.0432 e. The van der Waals surface area contributed by atoms with Crippen molar-refractivity contribution in [2.24, 2.45) is 0 Å². The Morgan fingerprint density at radius 2 is 2.08 bits per heavy atom. The summed E-state index contributed by atoms with van der Waals surface area (Å²) in [5.74, 6) is 0.516. The summed E-state index contributed by atoms with van der Waals surface area (Å²) in [6.45, 7) is 5.33. The molecule has 0 spiro atoms. The van der Waals surface area contributed by atoms with Gasteiger partial charge in [0.25, 0.3) is 0 Å². The molecule has 0 bridgehead atoms. The second-order valence-corrected chi connectivity index (χ2v) is 3.98. The lowest BCUT2D eigenvalue weighted by Gasteiger charge is -2.11. The minimum absolute atomic E-state index is 0.516. The number of aromatic nitrogens is 1. The Morgan fingerprint density at radius 1 is 1.38 bits per heavy atom. The molecule has 0 atom stereocenters. The van der Waals surface area contributed by atoms with Crippen molar-refractivity contribution in [1.82, 2.24) is 9.88 Å². The van der Waals surface area contributed by atoms with Crippen LogP contribution < -0.4 is 0 Å². The molecule has 1 rings (SSSR count). The van der Waals surface area contributed by atoms with E-state index in [1.165, 1.54) is 11.3 Å². The predicted molar refractivity (Wildman–Crippen MR) is 55.7 cm³/mol. The van der Waals surface area contributed by atoms with Gasteiger partial charge in [0.05, 0.1) is 0 Å². The molecule has 0 N–H and O–H groups in total. The monoisotopic (exact) mass is 178 g/mol. The van der Waals surface area contributed by atoms with Crippen LogP contribution in [-0.4, -0.2) is 24.0 Å². The van der Waals surface area contributed by atoms with Crippen molar-refractivity contribution in [2.45, 2.75) is 26.3 Å². The SMILES string of the molecule is CC(C)c1cc(CN(C)C)ccn1. The van der Waals surface area contributed by atoms with Crippen molar-refractivity contribution in [2.75, 3.05) is 14.1 Å². The molecule has 2 heteroatoms. The highest BCUT2D eigenvalue weighted by Gasteiger charge is 2.01. The van der Waals surface area contributed by atoms with Crippen molar-refractivity contribution >= 4 is 0 Å². The molecular formula is C11H18N2. The van der Waals surface area contributed by atoms with E-state index in [4.69, 9.17) is 0 Å². The highest BCUT2D eigenvalue weighted by atomic mass is 15.0. The zero-order chi connectivity index (χ0) is 9.84. The van der Waals surface area contributed by atoms with E-state index in [0.29, 0.717) is 5.92 Å². The van der Waals surface area contributed by atoms with Crippen molar-refractivity contribution in [1.29, 1.82) is 0 Å². The van der Waals surface area contributed by atoms with Gasteiger partial charge >= 0.3 is 0 Å². The van der Waals surface area contributed by atoms with Crippen LogP contribution in [0.3, 0.4) is 0 Å². The van der Waals surface area contributed by atoms with Crippen molar-refractivity contribution in [3.8, 4) is 0 Å². The number of rotatable bonds is 3. The predicted octanol–water partition coefficient (Wildman–Crippen LogP) is 2.27. The first-order chi connectivity index (χ1) is 6.09. The summed E-state index contributed by atoms with van der Waals surface area (Å²) >= 11 is 0. The van der Waals surface area contributed by atoms with Crippen LogP contribution in [0.25, 0.3) is 0 Å². The lowest BCUT2D eigenvalue weighted by molar-refractivity contribution is 0.402. The summed E-state index contributed by atoms with van der Waals surface area (Å²) in [6, 6.07) is 4.26. The van der Waals surface area contributed by atoms with Gasteiger partial charge in [-0.3, -0.25) is 4.98 Å². The molecule has 0 aromatic carbocycles. The second kappa shape index (κ2) is 4.38. The Hall–Kier alpha value is -0.890. The summed E-state index contributed by atoms with van der Waals surface area (Å²) in [6.07, 6.45) is 1.90. The quantitative estimate of drug-likeness (QED) is 0.706. The molecule has 72 valence electrons. The summed E-state index contributed by atoms with van der Waals surface area (Å²) in [7, 11) is 4.16. The summed E-state index contributed by atoms with van der Waals surface area (Å²) in [5, 5.41) is 0. The normalized spacial score (nSPS) is 11.2. The minimum atomic E-state index is 0.516. The molecule has 1 aromatic rings. The Balaban J connectivity index is 2.79. The largest absolute Gasteiger partial charge is 0.305 e. The Morgan fingerprint density at radius 3 is 2.62 bits per heavy atom. The van der Waals surface area contributed by atoms with E-state index in [1.807, 2.05) is 6.20 Å². The van der Waals surface area contributed by atoms with Gasteiger partial charge in [-0.1, -0.05) is 13.8 Å². The van der Waals surface area contributed by atoms with Gasteiger partial charge in [-0.25, -0.2) is 0 Å². The molecule has 2 nitrogen and oxygen atoms in total. The van der Waals surface area contributed by atoms with Crippen LogP contribution in [0.15, 0.2) is 18.3 Å². The van der Waals surface area contributed by atoms with E-state index in [0.717, 1.165) is 6.54 Å². The van der Waals surface area contributed by atoms with Crippen LogP contribution in [0.2, 0.25) is 0 Å². The van der Waals surface area contributed by atoms with Gasteiger partial charge in [0, 0.05) is 18.4 Å². The number of hydrogen-bond acceptors (Lipinski definition) is 2. The molecule has 13 heavy (non-hydrogen) atoms. The van der Waals surface area contributed by atoms with Crippen molar-refractivity contribution in [3.05, 3.63) is 29.6 Å². The van der Waals surface area contributed by atoms with Crippen molar-refractivity contribution in [3.63, 3.8) is 0 Å². The van der Waals surface area contributed by atoms with Crippen LogP contribution in [-0.2, 0) is 6.54 Å². The molecule has 0 saturated heterocycles. The maximum atomic E-state index is 4.33. The highest BCUT2D eigenvalue weighted by molar-refractivity contribution is 5.18. The van der Waals surface area contributed by atoms with Crippen LogP contribution in [0, 0.1) is 0 Å². The van der Waals surface area contributed by atoms with E-state index >= 15 is 0 Å². The first kappa shape index (κ1) is 10.2. The molecule has 0 aliphatic rings. The number of pyridine rings is 1. The standard InChI is InChI=1S/C11H18N2/c1-9(2)11-7-10(5-6-12-11)8-13(3)4/h5-7,9H,8H2,1-4H3. The molecule has 0 radical (unpaired) electrons. The van der Waals surface area contributed by atoms with Crippen molar-refractivity contribution < 1.29 is 0 Å².